The Morgan fingerprint density at radius 2 is 2.07 bits per heavy atom. The molecule has 1 amide bonds. The van der Waals surface area contributed by atoms with Gasteiger partial charge in [0.25, 0.3) is 5.56 Å². The summed E-state index contributed by atoms with van der Waals surface area (Å²) in [5, 5.41) is 12.2. The number of anilines is 1. The number of hydrogen-bond donors (Lipinski definition) is 1. The molecule has 0 spiro atoms. The van der Waals surface area contributed by atoms with E-state index in [9.17, 15) is 14.9 Å². The molecule has 1 N–H and O–H groups in total. The molecule has 27 heavy (non-hydrogen) atoms. The Kier molecular flexibility index (Phi) is 7.16. The number of amides is 1. The molecule has 1 aromatic heterocycles. The molecule has 0 unspecified atom stereocenters. The van der Waals surface area contributed by atoms with Crippen LogP contribution in [0.25, 0.3) is 0 Å². The zero-order valence-electron chi connectivity index (χ0n) is 15.8. The number of carbonyl (C=O) groups is 1. The molecule has 0 atom stereocenters. The second kappa shape index (κ2) is 9.15. The summed E-state index contributed by atoms with van der Waals surface area (Å²) < 4.78 is 7.45. The number of benzene rings is 1. The fourth-order valence-electron chi connectivity index (χ4n) is 2.88. The Hall–Kier alpha value is -2.18. The zero-order chi connectivity index (χ0) is 20.1. The maximum atomic E-state index is 12.6. The summed E-state index contributed by atoms with van der Waals surface area (Å²) in [7, 11) is 1.50. The first-order chi connectivity index (χ1) is 12.8. The number of hydrogen-bond acceptors (Lipinski definition) is 4. The van der Waals surface area contributed by atoms with Crippen LogP contribution in [0.1, 0.15) is 42.1 Å². The number of nitrogens with one attached hydrogen (secondary N) is 1. The van der Waals surface area contributed by atoms with E-state index < -0.39 is 5.56 Å². The lowest BCUT2D eigenvalue weighted by Gasteiger charge is -2.16. The summed E-state index contributed by atoms with van der Waals surface area (Å²) >= 11 is 2.23. The van der Waals surface area contributed by atoms with Gasteiger partial charge in [-0.2, -0.15) is 5.26 Å². The molecule has 0 saturated carbocycles. The maximum Gasteiger partial charge on any atom is 0.269 e. The number of ether oxygens (including phenoxy) is 1. The predicted molar refractivity (Wildman–Crippen MR) is 113 cm³/mol. The first-order valence-corrected chi connectivity index (χ1v) is 9.58. The van der Waals surface area contributed by atoms with Crippen molar-refractivity contribution in [1.29, 1.82) is 5.26 Å². The molecule has 0 aliphatic heterocycles. The first-order valence-electron chi connectivity index (χ1n) is 8.50. The molecule has 0 fully saturated rings. The average molecular weight is 479 g/mol. The Bertz CT molecular complexity index is 958. The third-order valence-electron chi connectivity index (χ3n) is 4.21. The lowest BCUT2D eigenvalue weighted by atomic mass is 10.0. The summed E-state index contributed by atoms with van der Waals surface area (Å²) in [5.74, 6) is -0.0651. The Labute approximate surface area is 172 Å². The van der Waals surface area contributed by atoms with Gasteiger partial charge in [-0.15, -0.1) is 0 Å². The van der Waals surface area contributed by atoms with E-state index in [-0.39, 0.29) is 30.5 Å². The molecule has 7 heteroatoms. The number of methoxy groups -OCH3 is 1. The highest BCUT2D eigenvalue weighted by Crippen LogP contribution is 2.26. The molecule has 142 valence electrons. The molecular formula is C20H22IN3O3. The van der Waals surface area contributed by atoms with Crippen LogP contribution in [0.5, 0.6) is 0 Å². The van der Waals surface area contributed by atoms with Gasteiger partial charge in [0, 0.05) is 27.6 Å². The molecule has 0 aliphatic carbocycles. The van der Waals surface area contributed by atoms with Crippen LogP contribution >= 0.6 is 22.6 Å². The molecule has 0 bridgehead atoms. The number of rotatable bonds is 6. The summed E-state index contributed by atoms with van der Waals surface area (Å²) in [4.78, 5) is 25.2. The second-order valence-corrected chi connectivity index (χ2v) is 7.80. The van der Waals surface area contributed by atoms with Crippen LogP contribution in [0.2, 0.25) is 0 Å². The van der Waals surface area contributed by atoms with Gasteiger partial charge in [0.1, 0.15) is 18.2 Å². The highest BCUT2D eigenvalue weighted by atomic mass is 127. The normalized spacial score (nSPS) is 10.7. The minimum atomic E-state index is -0.480. The Morgan fingerprint density at radius 1 is 1.37 bits per heavy atom. The van der Waals surface area contributed by atoms with Gasteiger partial charge in [-0.3, -0.25) is 9.59 Å². The van der Waals surface area contributed by atoms with Crippen molar-refractivity contribution < 1.29 is 9.53 Å². The fourth-order valence-corrected chi connectivity index (χ4v) is 3.39. The van der Waals surface area contributed by atoms with Gasteiger partial charge < -0.3 is 14.6 Å². The van der Waals surface area contributed by atoms with Crippen molar-refractivity contribution in [2.45, 2.75) is 39.8 Å². The maximum absolute atomic E-state index is 12.6. The van der Waals surface area contributed by atoms with Crippen molar-refractivity contribution in [3.05, 3.63) is 60.6 Å². The number of nitrogens with zero attached hydrogens (tertiary/aromatic N) is 2. The van der Waals surface area contributed by atoms with Crippen molar-refractivity contribution in [3.63, 3.8) is 0 Å². The molecule has 2 rings (SSSR count). The minimum Gasteiger partial charge on any atom is -0.380 e. The topological polar surface area (TPSA) is 84.1 Å². The van der Waals surface area contributed by atoms with Crippen LogP contribution < -0.4 is 10.9 Å². The quantitative estimate of drug-likeness (QED) is 0.643. The summed E-state index contributed by atoms with van der Waals surface area (Å²) in [5.41, 5.74) is 2.43. The van der Waals surface area contributed by atoms with Gasteiger partial charge in [0.2, 0.25) is 5.91 Å². The van der Waals surface area contributed by atoms with Crippen LogP contribution in [0.15, 0.2) is 29.1 Å². The summed E-state index contributed by atoms with van der Waals surface area (Å²) in [6.07, 6.45) is 0. The van der Waals surface area contributed by atoms with Crippen molar-refractivity contribution in [1.82, 2.24) is 4.57 Å². The third kappa shape index (κ3) is 4.96. The third-order valence-corrected chi connectivity index (χ3v) is 4.88. The summed E-state index contributed by atoms with van der Waals surface area (Å²) in [6, 6.07) is 9.46. The van der Waals surface area contributed by atoms with Crippen molar-refractivity contribution >= 4 is 34.2 Å². The fraction of sp³-hybridized carbons (Fsp3) is 0.350. The van der Waals surface area contributed by atoms with E-state index >= 15 is 0 Å². The van der Waals surface area contributed by atoms with E-state index in [2.05, 4.69) is 41.8 Å². The zero-order valence-corrected chi connectivity index (χ0v) is 18.0. The second-order valence-electron chi connectivity index (χ2n) is 6.56. The minimum absolute atomic E-state index is 0.00684. The Morgan fingerprint density at radius 3 is 2.67 bits per heavy atom. The van der Waals surface area contributed by atoms with Gasteiger partial charge in [-0.1, -0.05) is 13.8 Å². The van der Waals surface area contributed by atoms with E-state index in [0.29, 0.717) is 11.3 Å². The number of carbonyl (C=O) groups excluding carboxylic acids is 1. The number of pyridine rings is 1. The van der Waals surface area contributed by atoms with Gasteiger partial charge in [0.15, 0.2) is 0 Å². The molecule has 0 saturated heterocycles. The van der Waals surface area contributed by atoms with Crippen LogP contribution in [0.4, 0.5) is 5.69 Å². The largest absolute Gasteiger partial charge is 0.380 e. The van der Waals surface area contributed by atoms with E-state index in [4.69, 9.17) is 4.74 Å². The van der Waals surface area contributed by atoms with Crippen LogP contribution in [-0.4, -0.2) is 17.6 Å². The van der Waals surface area contributed by atoms with Crippen molar-refractivity contribution in [2.24, 2.45) is 0 Å². The van der Waals surface area contributed by atoms with Gasteiger partial charge in [-0.05, 0) is 65.3 Å². The Balaban J connectivity index is 2.32. The predicted octanol–water partition coefficient (Wildman–Crippen LogP) is 3.54. The van der Waals surface area contributed by atoms with Gasteiger partial charge in [0.05, 0.1) is 6.61 Å². The number of nitriles is 1. The molecule has 6 nitrogen and oxygen atoms in total. The molecular weight excluding hydrogens is 457 g/mol. The lowest BCUT2D eigenvalue weighted by molar-refractivity contribution is -0.116. The highest BCUT2D eigenvalue weighted by molar-refractivity contribution is 14.1. The molecule has 0 radical (unpaired) electrons. The first kappa shape index (κ1) is 21.1. The van der Waals surface area contributed by atoms with Crippen molar-refractivity contribution in [3.8, 4) is 6.07 Å². The molecule has 1 aromatic carbocycles. The van der Waals surface area contributed by atoms with Crippen LogP contribution in [0, 0.1) is 21.8 Å². The van der Waals surface area contributed by atoms with E-state index in [1.807, 2.05) is 24.3 Å². The molecule has 1 heterocycles. The molecule has 2 aromatic rings. The lowest BCUT2D eigenvalue weighted by Crippen LogP contribution is -2.31. The van der Waals surface area contributed by atoms with E-state index in [1.54, 1.807) is 13.0 Å². The SMILES string of the molecule is COCc1cc(C)n(CC(=O)Nc2ccc(I)cc2C(C)C)c(=O)c1C#N. The number of halogens is 1. The summed E-state index contributed by atoms with van der Waals surface area (Å²) in [6.45, 7) is 5.87. The van der Waals surface area contributed by atoms with Gasteiger partial charge in [-0.25, -0.2) is 0 Å². The average Bonchev–Trinajstić information content (AvgIpc) is 2.60. The number of aryl methyl sites for hydroxylation is 1. The molecule has 0 aliphatic rings. The number of aromatic nitrogens is 1. The van der Waals surface area contributed by atoms with E-state index in [0.717, 1.165) is 14.8 Å². The van der Waals surface area contributed by atoms with E-state index in [1.165, 1.54) is 11.7 Å². The monoisotopic (exact) mass is 479 g/mol. The van der Waals surface area contributed by atoms with Crippen LogP contribution in [0.3, 0.4) is 0 Å². The smallest absolute Gasteiger partial charge is 0.269 e. The highest BCUT2D eigenvalue weighted by Gasteiger charge is 2.16. The van der Waals surface area contributed by atoms with Crippen molar-refractivity contribution in [2.75, 3.05) is 12.4 Å². The van der Waals surface area contributed by atoms with Crippen LogP contribution in [-0.2, 0) is 22.7 Å². The standard InChI is InChI=1S/C20H22IN3O3/c1-12(2)16-8-15(21)5-6-18(16)23-19(25)10-24-13(3)7-14(11-27-4)17(9-22)20(24)26/h5-8,12H,10-11H2,1-4H3,(H,23,25). The van der Waals surface area contributed by atoms with Gasteiger partial charge >= 0.3 is 0 Å².